The Morgan fingerprint density at radius 3 is 2.59 bits per heavy atom. The molecule has 0 saturated carbocycles. The molecule has 1 aliphatic rings. The molecule has 0 saturated heterocycles. The molecule has 1 atom stereocenters. The first-order chi connectivity index (χ1) is 8.09. The lowest BCUT2D eigenvalue weighted by molar-refractivity contribution is 0.693. The molecule has 0 amide bonds. The van der Waals surface area contributed by atoms with Crippen molar-refractivity contribution in [3.05, 3.63) is 59.0 Å². The summed E-state index contributed by atoms with van der Waals surface area (Å²) in [4.78, 5) is 0.279. The van der Waals surface area contributed by atoms with Crippen LogP contribution in [0.4, 0.5) is 5.69 Å². The van der Waals surface area contributed by atoms with Crippen molar-refractivity contribution in [2.45, 2.75) is 13.8 Å². The van der Waals surface area contributed by atoms with Gasteiger partial charge in [0.05, 0.1) is 0 Å². The standard InChI is InChI=1S/C13H13NO2S/c1-10-6-3-4-8-12(10)14(15)9-5-7-11(2)13(14)17-16/h3-9H,1-2H3. The molecule has 0 N–H and O–H groups in total. The summed E-state index contributed by atoms with van der Waals surface area (Å²) in [5, 5.41) is 12.9. The highest BCUT2D eigenvalue weighted by molar-refractivity contribution is 7.67. The minimum absolute atomic E-state index is 0.271. The summed E-state index contributed by atoms with van der Waals surface area (Å²) in [6.07, 6.45) is 4.98. The summed E-state index contributed by atoms with van der Waals surface area (Å²) in [5.74, 6) is 0. The Kier molecular flexibility index (Phi) is 3.11. The first-order valence-corrected chi connectivity index (χ1v) is 6.03. The minimum atomic E-state index is -0.789. The Labute approximate surface area is 104 Å². The van der Waals surface area contributed by atoms with E-state index in [2.05, 4.69) is 0 Å². The molecule has 0 aliphatic carbocycles. The fraction of sp³-hybridized carbons (Fsp3) is 0.154. The van der Waals surface area contributed by atoms with Crippen molar-refractivity contribution in [1.82, 2.24) is 4.65 Å². The summed E-state index contributed by atoms with van der Waals surface area (Å²) < 4.78 is 10.4. The first kappa shape index (κ1) is 12.0. The van der Waals surface area contributed by atoms with Crippen molar-refractivity contribution in [2.24, 2.45) is 0 Å². The van der Waals surface area contributed by atoms with Crippen molar-refractivity contribution in [1.29, 1.82) is 0 Å². The van der Waals surface area contributed by atoms with Crippen molar-refractivity contribution in [3.8, 4) is 0 Å². The van der Waals surface area contributed by atoms with E-state index in [9.17, 15) is 9.42 Å². The van der Waals surface area contributed by atoms with E-state index in [-0.39, 0.29) is 16.2 Å². The summed E-state index contributed by atoms with van der Waals surface area (Å²) >= 11 is 0.271. The summed E-state index contributed by atoms with van der Waals surface area (Å²) in [6.45, 7) is 3.66. The van der Waals surface area contributed by atoms with Crippen LogP contribution in [0.15, 0.2) is 48.2 Å². The normalized spacial score (nSPS) is 23.5. The summed E-state index contributed by atoms with van der Waals surface area (Å²) in [5.41, 5.74) is 2.20. The molecule has 0 fully saturated rings. The third-order valence-electron chi connectivity index (χ3n) is 2.83. The fourth-order valence-electron chi connectivity index (χ4n) is 1.96. The number of hydroxylamine groups is 2. The average Bonchev–Trinajstić information content (AvgIpc) is 2.29. The van der Waals surface area contributed by atoms with Gasteiger partial charge in [-0.3, -0.25) is 4.65 Å². The summed E-state index contributed by atoms with van der Waals surface area (Å²) in [7, 11) is 0. The average molecular weight is 247 g/mol. The lowest BCUT2D eigenvalue weighted by Crippen LogP contribution is -2.45. The highest BCUT2D eigenvalue weighted by Crippen LogP contribution is 2.30. The van der Waals surface area contributed by atoms with Crippen LogP contribution in [0.3, 0.4) is 0 Å². The molecule has 0 spiro atoms. The second-order valence-corrected chi connectivity index (χ2v) is 4.58. The van der Waals surface area contributed by atoms with E-state index in [0.717, 1.165) is 11.1 Å². The third kappa shape index (κ3) is 1.91. The molecular formula is C13H13NO2S. The largest absolute Gasteiger partial charge is 0.616 e. The van der Waals surface area contributed by atoms with Gasteiger partial charge in [-0.15, -0.1) is 0 Å². The maximum Gasteiger partial charge on any atom is 0.239 e. The smallest absolute Gasteiger partial charge is 0.239 e. The molecule has 1 unspecified atom stereocenters. The van der Waals surface area contributed by atoms with Gasteiger partial charge in [0.1, 0.15) is 11.9 Å². The van der Waals surface area contributed by atoms with Crippen molar-refractivity contribution >= 4 is 21.9 Å². The van der Waals surface area contributed by atoms with E-state index in [1.54, 1.807) is 25.1 Å². The number of para-hydroxylation sites is 1. The van der Waals surface area contributed by atoms with Gasteiger partial charge >= 0.3 is 0 Å². The van der Waals surface area contributed by atoms with Crippen LogP contribution in [0.25, 0.3) is 0 Å². The Morgan fingerprint density at radius 1 is 1.24 bits per heavy atom. The molecule has 3 nitrogen and oxygen atoms in total. The zero-order valence-electron chi connectivity index (χ0n) is 9.71. The quantitative estimate of drug-likeness (QED) is 0.435. The number of hydrogen-bond donors (Lipinski definition) is 0. The predicted octanol–water partition coefficient (Wildman–Crippen LogP) is 2.62. The van der Waals surface area contributed by atoms with Crippen molar-refractivity contribution in [3.63, 3.8) is 0 Å². The lowest BCUT2D eigenvalue weighted by Gasteiger charge is -2.39. The second-order valence-electron chi connectivity index (χ2n) is 4.02. The molecule has 1 aliphatic heterocycles. The van der Waals surface area contributed by atoms with Crippen LogP contribution in [0.5, 0.6) is 0 Å². The monoisotopic (exact) mass is 247 g/mol. The fourth-order valence-corrected chi connectivity index (χ4v) is 2.43. The molecule has 1 aromatic rings. The third-order valence-corrected chi connectivity index (χ3v) is 3.58. The Bertz CT molecular complexity index is 571. The zero-order valence-corrected chi connectivity index (χ0v) is 10.5. The second kappa shape index (κ2) is 4.41. The van der Waals surface area contributed by atoms with Crippen LogP contribution < -0.4 is 4.65 Å². The van der Waals surface area contributed by atoms with Crippen LogP contribution in [0, 0.1) is 12.1 Å². The molecule has 0 radical (unpaired) electrons. The van der Waals surface area contributed by atoms with Crippen LogP contribution in [0.1, 0.15) is 12.5 Å². The number of benzene rings is 1. The molecule has 17 heavy (non-hydrogen) atoms. The van der Waals surface area contributed by atoms with E-state index in [0.29, 0.717) is 5.69 Å². The van der Waals surface area contributed by atoms with Crippen LogP contribution in [-0.2, 0) is 11.3 Å². The Hall–Kier alpha value is -1.49. The number of quaternary nitrogens is 1. The van der Waals surface area contributed by atoms with Crippen LogP contribution in [0.2, 0.25) is 0 Å². The number of rotatable bonds is 1. The van der Waals surface area contributed by atoms with E-state index < -0.39 is 4.65 Å². The highest BCUT2D eigenvalue weighted by atomic mass is 32.1. The van der Waals surface area contributed by atoms with Gasteiger partial charge in [0, 0.05) is 17.2 Å². The van der Waals surface area contributed by atoms with E-state index in [4.69, 9.17) is 0 Å². The molecule has 0 aromatic heterocycles. The Balaban J connectivity index is 2.66. The molecule has 2 rings (SSSR count). The number of allylic oxidation sites excluding steroid dienone is 2. The number of hydrogen-bond acceptors (Lipinski definition) is 2. The first-order valence-electron chi connectivity index (χ1n) is 5.29. The Morgan fingerprint density at radius 2 is 1.94 bits per heavy atom. The number of nitrogens with zero attached hydrogens (tertiary/aromatic N) is 1. The van der Waals surface area contributed by atoms with Crippen molar-refractivity contribution < 1.29 is 4.21 Å². The highest BCUT2D eigenvalue weighted by Gasteiger charge is 2.30. The SMILES string of the molecule is CC1=CC=C[N+]([O-])(c2ccccc2C)C1=S=O. The van der Waals surface area contributed by atoms with Gasteiger partial charge in [-0.05, 0) is 26.0 Å². The molecule has 1 aromatic carbocycles. The van der Waals surface area contributed by atoms with Crippen molar-refractivity contribution in [2.75, 3.05) is 0 Å². The molecule has 0 bridgehead atoms. The molecule has 4 heteroatoms. The predicted molar refractivity (Wildman–Crippen MR) is 72.4 cm³/mol. The van der Waals surface area contributed by atoms with Gasteiger partial charge in [0.2, 0.25) is 4.99 Å². The van der Waals surface area contributed by atoms with Gasteiger partial charge in [-0.1, -0.05) is 18.2 Å². The van der Waals surface area contributed by atoms with Gasteiger partial charge in [-0.25, -0.2) is 4.21 Å². The number of aryl methyl sites for hydroxylation is 1. The molecule has 88 valence electrons. The maximum atomic E-state index is 12.9. The van der Waals surface area contributed by atoms with Gasteiger partial charge < -0.3 is 5.21 Å². The van der Waals surface area contributed by atoms with Gasteiger partial charge in [-0.2, -0.15) is 0 Å². The molecular weight excluding hydrogens is 234 g/mol. The van der Waals surface area contributed by atoms with Gasteiger partial charge in [0.25, 0.3) is 0 Å². The maximum absolute atomic E-state index is 12.9. The van der Waals surface area contributed by atoms with Crippen LogP contribution in [-0.4, -0.2) is 9.20 Å². The molecule has 1 heterocycles. The van der Waals surface area contributed by atoms with E-state index >= 15 is 0 Å². The zero-order chi connectivity index (χ0) is 12.5. The topological polar surface area (TPSA) is 40.1 Å². The lowest BCUT2D eigenvalue weighted by atomic mass is 10.1. The van der Waals surface area contributed by atoms with Crippen LogP contribution >= 0.6 is 0 Å². The summed E-state index contributed by atoms with van der Waals surface area (Å²) in [6, 6.07) is 7.34. The van der Waals surface area contributed by atoms with E-state index in [1.807, 2.05) is 25.1 Å². The minimum Gasteiger partial charge on any atom is -0.616 e. The van der Waals surface area contributed by atoms with Gasteiger partial charge in [0.15, 0.2) is 11.3 Å². The van der Waals surface area contributed by atoms with E-state index in [1.165, 1.54) is 6.20 Å².